The number of hydrogen-bond donors (Lipinski definition) is 4. The second-order valence-corrected chi connectivity index (χ2v) is 5.91. The molecule has 0 aliphatic heterocycles. The van der Waals surface area contributed by atoms with Crippen LogP contribution in [0.2, 0.25) is 0 Å². The largest absolute Gasteiger partial charge is 0.295 e. The van der Waals surface area contributed by atoms with Gasteiger partial charge in [-0.15, -0.1) is 0 Å². The van der Waals surface area contributed by atoms with Crippen LogP contribution in [0.4, 0.5) is 5.82 Å². The zero-order chi connectivity index (χ0) is 17.6. The fraction of sp³-hybridized carbons (Fsp3) is 0.0714. The SMILES string of the molecule is CNNC(=O)c1ccc(N/N=C/c2ccccc2S(=O)(=O)O)nc1. The number of carbonyl (C=O) groups excluding carboxylic acids is 1. The number of benzene rings is 1. The molecule has 0 fully saturated rings. The summed E-state index contributed by atoms with van der Waals surface area (Å²) in [5.74, 6) is 0.0266. The molecule has 126 valence electrons. The number of carbonyl (C=O) groups is 1. The van der Waals surface area contributed by atoms with Crippen molar-refractivity contribution in [3.05, 3.63) is 53.7 Å². The van der Waals surface area contributed by atoms with E-state index in [2.05, 4.69) is 26.4 Å². The summed E-state index contributed by atoms with van der Waals surface area (Å²) in [6.45, 7) is 0. The molecule has 1 aromatic carbocycles. The first-order valence-corrected chi connectivity index (χ1v) is 8.14. The summed E-state index contributed by atoms with van der Waals surface area (Å²) in [5.41, 5.74) is 8.10. The molecule has 0 unspecified atom stereocenters. The van der Waals surface area contributed by atoms with E-state index in [1.165, 1.54) is 36.7 Å². The molecule has 0 radical (unpaired) electrons. The summed E-state index contributed by atoms with van der Waals surface area (Å²) < 4.78 is 31.7. The minimum absolute atomic E-state index is 0.220. The van der Waals surface area contributed by atoms with Crippen LogP contribution in [0.25, 0.3) is 0 Å². The molecule has 4 N–H and O–H groups in total. The molecule has 1 amide bonds. The number of nitrogens with zero attached hydrogens (tertiary/aromatic N) is 2. The maximum atomic E-state index is 11.5. The van der Waals surface area contributed by atoms with Crippen molar-refractivity contribution in [3.63, 3.8) is 0 Å². The number of amides is 1. The van der Waals surface area contributed by atoms with Gasteiger partial charge in [0.05, 0.1) is 11.8 Å². The lowest BCUT2D eigenvalue weighted by Gasteiger charge is -2.04. The minimum atomic E-state index is -4.33. The van der Waals surface area contributed by atoms with Gasteiger partial charge in [-0.3, -0.25) is 20.2 Å². The molecule has 1 heterocycles. The van der Waals surface area contributed by atoms with Crippen LogP contribution >= 0.6 is 0 Å². The molecule has 0 spiro atoms. The molecular formula is C14H15N5O4S. The van der Waals surface area contributed by atoms with Gasteiger partial charge in [-0.2, -0.15) is 13.5 Å². The van der Waals surface area contributed by atoms with Crippen molar-refractivity contribution >= 4 is 28.1 Å². The summed E-state index contributed by atoms with van der Waals surface area (Å²) in [7, 11) is -2.76. The summed E-state index contributed by atoms with van der Waals surface area (Å²) in [5, 5.41) is 3.87. The van der Waals surface area contributed by atoms with Gasteiger partial charge in [-0.1, -0.05) is 18.2 Å². The van der Waals surface area contributed by atoms with Crippen molar-refractivity contribution in [2.24, 2.45) is 5.10 Å². The Morgan fingerprint density at radius 1 is 1.25 bits per heavy atom. The fourth-order valence-electron chi connectivity index (χ4n) is 1.77. The Morgan fingerprint density at radius 2 is 2.00 bits per heavy atom. The number of rotatable bonds is 6. The smallest absolute Gasteiger partial charge is 0.288 e. The number of hydrazine groups is 1. The number of aromatic nitrogens is 1. The van der Waals surface area contributed by atoms with Crippen molar-refractivity contribution < 1.29 is 17.8 Å². The Morgan fingerprint density at radius 3 is 2.62 bits per heavy atom. The number of hydrazone groups is 1. The van der Waals surface area contributed by atoms with Gasteiger partial charge >= 0.3 is 0 Å². The summed E-state index contributed by atoms with van der Waals surface area (Å²) in [4.78, 5) is 15.3. The summed E-state index contributed by atoms with van der Waals surface area (Å²) in [6.07, 6.45) is 2.60. The molecule has 0 atom stereocenters. The van der Waals surface area contributed by atoms with E-state index >= 15 is 0 Å². The first-order valence-electron chi connectivity index (χ1n) is 6.70. The second kappa shape index (κ2) is 7.64. The zero-order valence-electron chi connectivity index (χ0n) is 12.6. The highest BCUT2D eigenvalue weighted by Crippen LogP contribution is 2.13. The normalized spacial score (nSPS) is 11.4. The molecular weight excluding hydrogens is 334 g/mol. The molecule has 2 rings (SSSR count). The molecule has 0 saturated carbocycles. The van der Waals surface area contributed by atoms with Crippen molar-refractivity contribution in [1.82, 2.24) is 15.8 Å². The van der Waals surface area contributed by atoms with Crippen LogP contribution in [0.5, 0.6) is 0 Å². The van der Waals surface area contributed by atoms with E-state index in [9.17, 15) is 13.2 Å². The first-order chi connectivity index (χ1) is 11.4. The fourth-order valence-corrected chi connectivity index (χ4v) is 2.44. The predicted molar refractivity (Wildman–Crippen MR) is 88.2 cm³/mol. The maximum Gasteiger partial charge on any atom is 0.295 e. The number of pyridine rings is 1. The Bertz CT molecular complexity index is 850. The van der Waals surface area contributed by atoms with Crippen LogP contribution in [0.15, 0.2) is 52.6 Å². The first kappa shape index (κ1) is 17.5. The highest BCUT2D eigenvalue weighted by atomic mass is 32.2. The molecule has 0 aliphatic carbocycles. The van der Waals surface area contributed by atoms with Crippen LogP contribution in [-0.4, -0.2) is 37.1 Å². The van der Waals surface area contributed by atoms with Gasteiger partial charge in [0.15, 0.2) is 0 Å². The van der Waals surface area contributed by atoms with Crippen LogP contribution in [-0.2, 0) is 10.1 Å². The van der Waals surface area contributed by atoms with Gasteiger partial charge in [-0.05, 0) is 18.2 Å². The maximum absolute atomic E-state index is 11.5. The van der Waals surface area contributed by atoms with Crippen molar-refractivity contribution in [2.75, 3.05) is 12.5 Å². The van der Waals surface area contributed by atoms with Crippen LogP contribution < -0.4 is 16.3 Å². The van der Waals surface area contributed by atoms with Gasteiger partial charge in [0, 0.05) is 18.8 Å². The minimum Gasteiger partial charge on any atom is -0.288 e. The van der Waals surface area contributed by atoms with Crippen molar-refractivity contribution in [3.8, 4) is 0 Å². The Balaban J connectivity index is 2.09. The Kier molecular flexibility index (Phi) is 5.58. The van der Waals surface area contributed by atoms with Gasteiger partial charge in [0.2, 0.25) is 0 Å². The highest BCUT2D eigenvalue weighted by molar-refractivity contribution is 7.86. The molecule has 1 aromatic heterocycles. The molecule has 9 nitrogen and oxygen atoms in total. The molecule has 24 heavy (non-hydrogen) atoms. The van der Waals surface area contributed by atoms with E-state index in [0.717, 1.165) is 0 Å². The molecule has 0 bridgehead atoms. The monoisotopic (exact) mass is 349 g/mol. The molecule has 0 saturated heterocycles. The van der Waals surface area contributed by atoms with Crippen molar-refractivity contribution in [1.29, 1.82) is 0 Å². The van der Waals surface area contributed by atoms with Gasteiger partial charge in [-0.25, -0.2) is 10.4 Å². The van der Waals surface area contributed by atoms with Crippen LogP contribution in [0, 0.1) is 0 Å². The van der Waals surface area contributed by atoms with E-state index in [-0.39, 0.29) is 16.4 Å². The Hall–Kier alpha value is -2.82. The lowest BCUT2D eigenvalue weighted by atomic mass is 10.2. The van der Waals surface area contributed by atoms with E-state index in [4.69, 9.17) is 4.55 Å². The zero-order valence-corrected chi connectivity index (χ0v) is 13.4. The predicted octanol–water partition coefficient (Wildman–Crippen LogP) is 0.638. The highest BCUT2D eigenvalue weighted by Gasteiger charge is 2.13. The third kappa shape index (κ3) is 4.59. The number of nitrogens with one attached hydrogen (secondary N) is 3. The standard InChI is InChI=1S/C14H15N5O4S/c1-15-19-14(20)11-6-7-13(16-8-11)18-17-9-10-4-2-3-5-12(10)24(21,22)23/h2-9,15H,1H3,(H,16,18)(H,19,20)(H,21,22,23)/b17-9+. The van der Waals surface area contributed by atoms with Crippen molar-refractivity contribution in [2.45, 2.75) is 4.90 Å². The van der Waals surface area contributed by atoms with Gasteiger partial charge < -0.3 is 0 Å². The summed E-state index contributed by atoms with van der Waals surface area (Å²) in [6, 6.07) is 8.95. The molecule has 10 heteroatoms. The second-order valence-electron chi connectivity index (χ2n) is 4.52. The quantitative estimate of drug-likeness (QED) is 0.342. The number of hydrogen-bond acceptors (Lipinski definition) is 7. The van der Waals surface area contributed by atoms with E-state index in [1.54, 1.807) is 19.2 Å². The average molecular weight is 349 g/mol. The topological polar surface area (TPSA) is 133 Å². The van der Waals surface area contributed by atoms with E-state index in [0.29, 0.717) is 11.4 Å². The average Bonchev–Trinajstić information content (AvgIpc) is 2.55. The van der Waals surface area contributed by atoms with E-state index < -0.39 is 10.1 Å². The third-order valence-corrected chi connectivity index (χ3v) is 3.77. The summed E-state index contributed by atoms with van der Waals surface area (Å²) >= 11 is 0. The van der Waals surface area contributed by atoms with Crippen LogP contribution in [0.1, 0.15) is 15.9 Å². The van der Waals surface area contributed by atoms with Crippen LogP contribution in [0.3, 0.4) is 0 Å². The third-order valence-electron chi connectivity index (χ3n) is 2.84. The Labute approximate surface area is 138 Å². The lowest BCUT2D eigenvalue weighted by molar-refractivity contribution is 0.0937. The van der Waals surface area contributed by atoms with Gasteiger partial charge in [0.25, 0.3) is 16.0 Å². The van der Waals surface area contributed by atoms with Gasteiger partial charge in [0.1, 0.15) is 10.7 Å². The molecule has 0 aliphatic rings. The molecule has 2 aromatic rings. The number of anilines is 1. The van der Waals surface area contributed by atoms with E-state index in [1.807, 2.05) is 0 Å². The lowest BCUT2D eigenvalue weighted by Crippen LogP contribution is -2.34.